The number of rotatable bonds is 4. The molecule has 1 aromatic rings. The number of thioether (sulfide) groups is 1. The fraction of sp³-hybridized carbons (Fsp3) is 0.538. The Kier molecular flexibility index (Phi) is 5.64. The van der Waals surface area contributed by atoms with Crippen molar-refractivity contribution in [2.45, 2.75) is 12.5 Å². The number of aliphatic hydroxyl groups is 1. The summed E-state index contributed by atoms with van der Waals surface area (Å²) in [5, 5.41) is 11.2. The van der Waals surface area contributed by atoms with Crippen LogP contribution < -0.4 is 0 Å². The first-order chi connectivity index (χ1) is 8.68. The van der Waals surface area contributed by atoms with Crippen molar-refractivity contribution in [3.8, 4) is 0 Å². The van der Waals surface area contributed by atoms with Gasteiger partial charge in [0.15, 0.2) is 0 Å². The van der Waals surface area contributed by atoms with Gasteiger partial charge in [-0.1, -0.05) is 35.3 Å². The van der Waals surface area contributed by atoms with Crippen molar-refractivity contribution >= 4 is 35.0 Å². The first kappa shape index (κ1) is 14.5. The maximum Gasteiger partial charge on any atom is 0.0817 e. The summed E-state index contributed by atoms with van der Waals surface area (Å²) in [7, 11) is 0. The number of halogens is 2. The van der Waals surface area contributed by atoms with Crippen molar-refractivity contribution in [1.82, 2.24) is 4.90 Å². The Bertz CT molecular complexity index is 397. The van der Waals surface area contributed by atoms with Crippen LogP contribution in [0.5, 0.6) is 0 Å². The molecule has 1 N–H and O–H groups in total. The van der Waals surface area contributed by atoms with Gasteiger partial charge in [0, 0.05) is 36.7 Å². The van der Waals surface area contributed by atoms with Crippen LogP contribution in [0.2, 0.25) is 10.0 Å². The summed E-state index contributed by atoms with van der Waals surface area (Å²) in [6, 6.07) is 5.40. The van der Waals surface area contributed by atoms with Gasteiger partial charge in [-0.15, -0.1) is 0 Å². The summed E-state index contributed by atoms with van der Waals surface area (Å²) in [5.74, 6) is 2.38. The molecule has 1 unspecified atom stereocenters. The van der Waals surface area contributed by atoms with E-state index in [-0.39, 0.29) is 0 Å². The largest absolute Gasteiger partial charge is 0.388 e. The van der Waals surface area contributed by atoms with Gasteiger partial charge < -0.3 is 10.0 Å². The molecule has 5 heteroatoms. The van der Waals surface area contributed by atoms with Crippen LogP contribution in [0.4, 0.5) is 0 Å². The van der Waals surface area contributed by atoms with E-state index in [4.69, 9.17) is 23.2 Å². The Morgan fingerprint density at radius 3 is 2.72 bits per heavy atom. The van der Waals surface area contributed by atoms with Crippen LogP contribution in [-0.2, 0) is 0 Å². The summed E-state index contributed by atoms with van der Waals surface area (Å²) < 4.78 is 0. The standard InChI is InChI=1S/C13H17Cl2NOS/c14-11-3-1-2-10(13(11)15)12(17)4-5-16-6-8-18-9-7-16/h1-3,12,17H,4-9H2. The minimum atomic E-state index is -0.536. The lowest BCUT2D eigenvalue weighted by molar-refractivity contribution is 0.145. The van der Waals surface area contributed by atoms with Crippen molar-refractivity contribution in [2.75, 3.05) is 31.1 Å². The zero-order chi connectivity index (χ0) is 13.0. The highest BCUT2D eigenvalue weighted by atomic mass is 35.5. The number of benzene rings is 1. The average Bonchev–Trinajstić information content (AvgIpc) is 2.40. The van der Waals surface area contributed by atoms with Crippen molar-refractivity contribution in [1.29, 1.82) is 0 Å². The van der Waals surface area contributed by atoms with Crippen molar-refractivity contribution in [3.63, 3.8) is 0 Å². The summed E-state index contributed by atoms with van der Waals surface area (Å²) in [5.41, 5.74) is 0.732. The zero-order valence-corrected chi connectivity index (χ0v) is 12.4. The van der Waals surface area contributed by atoms with Gasteiger partial charge in [-0.2, -0.15) is 11.8 Å². The molecule has 2 rings (SSSR count). The zero-order valence-electron chi connectivity index (χ0n) is 10.1. The van der Waals surface area contributed by atoms with Crippen LogP contribution in [0.1, 0.15) is 18.1 Å². The highest BCUT2D eigenvalue weighted by Gasteiger charge is 2.16. The van der Waals surface area contributed by atoms with E-state index in [0.29, 0.717) is 16.5 Å². The molecule has 0 aromatic heterocycles. The molecule has 18 heavy (non-hydrogen) atoms. The number of nitrogens with zero attached hydrogens (tertiary/aromatic N) is 1. The lowest BCUT2D eigenvalue weighted by Gasteiger charge is -2.27. The van der Waals surface area contributed by atoms with E-state index in [1.807, 2.05) is 23.9 Å². The monoisotopic (exact) mass is 305 g/mol. The van der Waals surface area contributed by atoms with Gasteiger partial charge in [0.2, 0.25) is 0 Å². The minimum absolute atomic E-state index is 0.473. The molecule has 1 aliphatic rings. The first-order valence-corrected chi connectivity index (χ1v) is 8.01. The Balaban J connectivity index is 1.90. The molecule has 0 amide bonds. The normalized spacial score (nSPS) is 18.8. The molecular weight excluding hydrogens is 289 g/mol. The fourth-order valence-corrected chi connectivity index (χ4v) is 3.48. The van der Waals surface area contributed by atoms with Crippen molar-refractivity contribution < 1.29 is 5.11 Å². The van der Waals surface area contributed by atoms with Crippen LogP contribution >= 0.6 is 35.0 Å². The maximum atomic E-state index is 10.2. The minimum Gasteiger partial charge on any atom is -0.388 e. The Labute approximate surface area is 122 Å². The molecule has 1 heterocycles. The maximum absolute atomic E-state index is 10.2. The lowest BCUT2D eigenvalue weighted by atomic mass is 10.1. The van der Waals surface area contributed by atoms with E-state index in [2.05, 4.69) is 4.90 Å². The van der Waals surface area contributed by atoms with E-state index in [1.54, 1.807) is 6.07 Å². The fourth-order valence-electron chi connectivity index (χ4n) is 2.06. The third-order valence-corrected chi connectivity index (χ3v) is 4.94. The van der Waals surface area contributed by atoms with Crippen LogP contribution in [0.15, 0.2) is 18.2 Å². The van der Waals surface area contributed by atoms with E-state index < -0.39 is 6.10 Å². The molecule has 2 nitrogen and oxygen atoms in total. The van der Waals surface area contributed by atoms with Crippen molar-refractivity contribution in [2.24, 2.45) is 0 Å². The highest BCUT2D eigenvalue weighted by molar-refractivity contribution is 7.99. The predicted molar refractivity (Wildman–Crippen MR) is 79.8 cm³/mol. The van der Waals surface area contributed by atoms with Crippen LogP contribution in [0, 0.1) is 0 Å². The molecule has 0 aliphatic carbocycles. The Morgan fingerprint density at radius 1 is 1.28 bits per heavy atom. The van der Waals surface area contributed by atoms with Gasteiger partial charge >= 0.3 is 0 Å². The molecular formula is C13H17Cl2NOS. The van der Waals surface area contributed by atoms with E-state index in [0.717, 1.165) is 25.2 Å². The Morgan fingerprint density at radius 2 is 2.00 bits per heavy atom. The quantitative estimate of drug-likeness (QED) is 0.921. The topological polar surface area (TPSA) is 23.5 Å². The SMILES string of the molecule is OC(CCN1CCSCC1)c1cccc(Cl)c1Cl. The lowest BCUT2D eigenvalue weighted by Crippen LogP contribution is -2.34. The van der Waals surface area contributed by atoms with Gasteiger partial charge in [-0.25, -0.2) is 0 Å². The Hall–Kier alpha value is 0.0700. The second-order valence-corrected chi connectivity index (χ2v) is 6.41. The predicted octanol–water partition coefficient (Wildman–Crippen LogP) is 3.47. The van der Waals surface area contributed by atoms with E-state index in [9.17, 15) is 5.11 Å². The van der Waals surface area contributed by atoms with Crippen molar-refractivity contribution in [3.05, 3.63) is 33.8 Å². The molecule has 1 aromatic carbocycles. The molecule has 100 valence electrons. The summed E-state index contributed by atoms with van der Waals surface area (Å²) in [4.78, 5) is 2.39. The van der Waals surface area contributed by atoms with Crippen LogP contribution in [0.3, 0.4) is 0 Å². The molecule has 0 radical (unpaired) electrons. The molecule has 1 fully saturated rings. The molecule has 0 saturated carbocycles. The van der Waals surface area contributed by atoms with Crippen LogP contribution in [0.25, 0.3) is 0 Å². The van der Waals surface area contributed by atoms with E-state index >= 15 is 0 Å². The molecule has 1 saturated heterocycles. The number of aliphatic hydroxyl groups excluding tert-OH is 1. The smallest absolute Gasteiger partial charge is 0.0817 e. The average molecular weight is 306 g/mol. The molecule has 1 aliphatic heterocycles. The molecule has 0 spiro atoms. The van der Waals surface area contributed by atoms with Gasteiger partial charge in [-0.3, -0.25) is 0 Å². The highest BCUT2D eigenvalue weighted by Crippen LogP contribution is 2.31. The van der Waals surface area contributed by atoms with Crippen LogP contribution in [-0.4, -0.2) is 41.1 Å². The van der Waals surface area contributed by atoms with E-state index in [1.165, 1.54) is 11.5 Å². The second-order valence-electron chi connectivity index (χ2n) is 4.40. The molecule has 1 atom stereocenters. The third kappa shape index (κ3) is 3.78. The number of hydrogen-bond donors (Lipinski definition) is 1. The molecule has 0 bridgehead atoms. The second kappa shape index (κ2) is 7.01. The summed E-state index contributed by atoms with van der Waals surface area (Å²) >= 11 is 14.0. The van der Waals surface area contributed by atoms with Gasteiger partial charge in [0.25, 0.3) is 0 Å². The van der Waals surface area contributed by atoms with Gasteiger partial charge in [-0.05, 0) is 12.5 Å². The number of hydrogen-bond acceptors (Lipinski definition) is 3. The summed E-state index contributed by atoms with van der Waals surface area (Å²) in [6.45, 7) is 3.13. The van der Waals surface area contributed by atoms with Gasteiger partial charge in [0.05, 0.1) is 16.1 Å². The summed E-state index contributed by atoms with van der Waals surface area (Å²) in [6.07, 6.45) is 0.163. The first-order valence-electron chi connectivity index (χ1n) is 6.10. The third-order valence-electron chi connectivity index (χ3n) is 3.16. The van der Waals surface area contributed by atoms with Gasteiger partial charge in [0.1, 0.15) is 0 Å².